The molecule has 4 heteroatoms. The molecule has 0 bridgehead atoms. The number of ether oxygens (including phenoxy) is 2. The molecule has 2 rings (SSSR count). The van der Waals surface area contributed by atoms with Crippen LogP contribution >= 0.6 is 0 Å². The molecule has 1 aromatic heterocycles. The van der Waals surface area contributed by atoms with Gasteiger partial charge in [0.05, 0.1) is 12.8 Å². The van der Waals surface area contributed by atoms with Gasteiger partial charge in [0.2, 0.25) is 0 Å². The Morgan fingerprint density at radius 3 is 2.79 bits per heavy atom. The number of methoxy groups -OCH3 is 1. The van der Waals surface area contributed by atoms with E-state index in [0.29, 0.717) is 13.2 Å². The molecule has 0 unspecified atom stereocenters. The van der Waals surface area contributed by atoms with E-state index in [-0.39, 0.29) is 0 Å². The van der Waals surface area contributed by atoms with E-state index in [1.807, 2.05) is 36.4 Å². The first kappa shape index (κ1) is 13.4. The van der Waals surface area contributed by atoms with Gasteiger partial charge in [-0.15, -0.1) is 0 Å². The van der Waals surface area contributed by atoms with Gasteiger partial charge in [0.15, 0.2) is 0 Å². The van der Waals surface area contributed by atoms with Crippen LogP contribution in [0.15, 0.2) is 42.6 Å². The van der Waals surface area contributed by atoms with Gasteiger partial charge in [0.25, 0.3) is 0 Å². The third kappa shape index (κ3) is 3.69. The van der Waals surface area contributed by atoms with Crippen molar-refractivity contribution in [2.45, 2.75) is 13.0 Å². The molecule has 0 aliphatic carbocycles. The molecule has 4 nitrogen and oxygen atoms in total. The molecule has 0 saturated heterocycles. The molecule has 0 fully saturated rings. The minimum atomic E-state index is 0.436. The lowest BCUT2D eigenvalue weighted by Gasteiger charge is -2.12. The number of nitrogens with zero attached hydrogens (tertiary/aromatic N) is 1. The summed E-state index contributed by atoms with van der Waals surface area (Å²) in [6.45, 7) is 1.03. The Kier molecular flexibility index (Phi) is 4.75. The van der Waals surface area contributed by atoms with Gasteiger partial charge in [-0.25, -0.2) is 0 Å². The van der Waals surface area contributed by atoms with Gasteiger partial charge in [0, 0.05) is 12.3 Å². The van der Waals surface area contributed by atoms with Gasteiger partial charge >= 0.3 is 0 Å². The Hall–Kier alpha value is -2.07. The maximum atomic E-state index is 5.82. The van der Waals surface area contributed by atoms with Crippen LogP contribution in [-0.4, -0.2) is 18.6 Å². The summed E-state index contributed by atoms with van der Waals surface area (Å²) in [7, 11) is 1.64. The zero-order chi connectivity index (χ0) is 13.5. The second-order valence-corrected chi connectivity index (χ2v) is 4.12. The fourth-order valence-corrected chi connectivity index (χ4v) is 1.79. The normalized spacial score (nSPS) is 10.2. The summed E-state index contributed by atoms with van der Waals surface area (Å²) in [5.41, 5.74) is 7.58. The van der Waals surface area contributed by atoms with Crippen LogP contribution in [0.4, 0.5) is 0 Å². The number of rotatable bonds is 6. The van der Waals surface area contributed by atoms with E-state index >= 15 is 0 Å². The highest BCUT2D eigenvalue weighted by Gasteiger charge is 2.06. The van der Waals surface area contributed by atoms with Crippen molar-refractivity contribution < 1.29 is 9.47 Å². The van der Waals surface area contributed by atoms with Crippen molar-refractivity contribution in [3.8, 4) is 11.5 Å². The summed E-state index contributed by atoms with van der Waals surface area (Å²) in [5, 5.41) is 0. The highest BCUT2D eigenvalue weighted by Crippen LogP contribution is 2.25. The predicted molar refractivity (Wildman–Crippen MR) is 74.3 cm³/mol. The molecular weight excluding hydrogens is 240 g/mol. The largest absolute Gasteiger partial charge is 0.497 e. The van der Waals surface area contributed by atoms with Crippen LogP contribution in [0.2, 0.25) is 0 Å². The average Bonchev–Trinajstić information content (AvgIpc) is 2.47. The van der Waals surface area contributed by atoms with Gasteiger partial charge in [-0.2, -0.15) is 0 Å². The van der Waals surface area contributed by atoms with Crippen LogP contribution in [0, 0.1) is 0 Å². The minimum Gasteiger partial charge on any atom is -0.497 e. The number of aromatic nitrogens is 1. The SMILES string of the molecule is COc1ccc(CCN)c(OCc2ccccn2)c1. The maximum Gasteiger partial charge on any atom is 0.130 e. The lowest BCUT2D eigenvalue weighted by atomic mass is 10.1. The first-order valence-electron chi connectivity index (χ1n) is 6.23. The number of hydrogen-bond acceptors (Lipinski definition) is 4. The first-order chi connectivity index (χ1) is 9.33. The molecule has 19 heavy (non-hydrogen) atoms. The Balaban J connectivity index is 2.12. The van der Waals surface area contributed by atoms with E-state index in [1.165, 1.54) is 0 Å². The summed E-state index contributed by atoms with van der Waals surface area (Å²) in [6, 6.07) is 11.5. The van der Waals surface area contributed by atoms with Crippen molar-refractivity contribution in [3.05, 3.63) is 53.9 Å². The summed E-state index contributed by atoms with van der Waals surface area (Å²) in [4.78, 5) is 4.23. The smallest absolute Gasteiger partial charge is 0.130 e. The zero-order valence-corrected chi connectivity index (χ0v) is 11.0. The lowest BCUT2D eigenvalue weighted by Crippen LogP contribution is -2.06. The molecule has 2 aromatic rings. The highest BCUT2D eigenvalue weighted by atomic mass is 16.5. The molecule has 0 saturated carbocycles. The summed E-state index contributed by atoms with van der Waals surface area (Å²) < 4.78 is 11.0. The van der Waals surface area contributed by atoms with Crippen LogP contribution in [0.5, 0.6) is 11.5 Å². The van der Waals surface area contributed by atoms with Gasteiger partial charge in [-0.3, -0.25) is 4.98 Å². The molecule has 0 spiro atoms. The molecule has 0 atom stereocenters. The van der Waals surface area contributed by atoms with Crippen LogP contribution in [0.3, 0.4) is 0 Å². The molecular formula is C15H18N2O2. The van der Waals surface area contributed by atoms with Crippen molar-refractivity contribution in [1.82, 2.24) is 4.98 Å². The zero-order valence-electron chi connectivity index (χ0n) is 11.0. The lowest BCUT2D eigenvalue weighted by molar-refractivity contribution is 0.296. The standard InChI is InChI=1S/C15H18N2O2/c1-18-14-6-5-12(7-8-16)15(10-14)19-11-13-4-2-3-9-17-13/h2-6,9-10H,7-8,11,16H2,1H3. The highest BCUT2D eigenvalue weighted by molar-refractivity contribution is 5.41. The first-order valence-corrected chi connectivity index (χ1v) is 6.23. The number of nitrogens with two attached hydrogens (primary N) is 1. The van der Waals surface area contributed by atoms with Crippen molar-refractivity contribution in [3.63, 3.8) is 0 Å². The third-order valence-corrected chi connectivity index (χ3v) is 2.79. The molecule has 0 aliphatic heterocycles. The van der Waals surface area contributed by atoms with E-state index in [4.69, 9.17) is 15.2 Å². The van der Waals surface area contributed by atoms with Crippen LogP contribution in [-0.2, 0) is 13.0 Å². The van der Waals surface area contributed by atoms with Gasteiger partial charge < -0.3 is 15.2 Å². The van der Waals surface area contributed by atoms with Crippen LogP contribution in [0.1, 0.15) is 11.3 Å². The second-order valence-electron chi connectivity index (χ2n) is 4.12. The Labute approximate surface area is 113 Å². The van der Waals surface area contributed by atoms with Crippen molar-refractivity contribution >= 4 is 0 Å². The molecule has 0 amide bonds. The fraction of sp³-hybridized carbons (Fsp3) is 0.267. The van der Waals surface area contributed by atoms with E-state index in [2.05, 4.69) is 4.98 Å². The number of pyridine rings is 1. The van der Waals surface area contributed by atoms with Crippen molar-refractivity contribution in [2.24, 2.45) is 5.73 Å². The average molecular weight is 258 g/mol. The van der Waals surface area contributed by atoms with Gasteiger partial charge in [-0.05, 0) is 36.7 Å². The fourth-order valence-electron chi connectivity index (χ4n) is 1.79. The van der Waals surface area contributed by atoms with E-state index in [0.717, 1.165) is 29.2 Å². The van der Waals surface area contributed by atoms with Crippen molar-refractivity contribution in [1.29, 1.82) is 0 Å². The Morgan fingerprint density at radius 1 is 1.21 bits per heavy atom. The Bertz CT molecular complexity index is 515. The molecule has 1 aromatic carbocycles. The molecule has 100 valence electrons. The maximum absolute atomic E-state index is 5.82. The van der Waals surface area contributed by atoms with Crippen LogP contribution in [0.25, 0.3) is 0 Å². The minimum absolute atomic E-state index is 0.436. The third-order valence-electron chi connectivity index (χ3n) is 2.79. The molecule has 0 radical (unpaired) electrons. The van der Waals surface area contributed by atoms with Gasteiger partial charge in [-0.1, -0.05) is 12.1 Å². The van der Waals surface area contributed by atoms with E-state index in [9.17, 15) is 0 Å². The van der Waals surface area contributed by atoms with E-state index in [1.54, 1.807) is 13.3 Å². The quantitative estimate of drug-likeness (QED) is 0.862. The number of hydrogen-bond donors (Lipinski definition) is 1. The molecule has 2 N–H and O–H groups in total. The van der Waals surface area contributed by atoms with Crippen molar-refractivity contribution in [2.75, 3.05) is 13.7 Å². The predicted octanol–water partition coefficient (Wildman–Crippen LogP) is 2.17. The molecule has 1 heterocycles. The molecule has 0 aliphatic rings. The van der Waals surface area contributed by atoms with Crippen LogP contribution < -0.4 is 15.2 Å². The second kappa shape index (κ2) is 6.75. The summed E-state index contributed by atoms with van der Waals surface area (Å²) >= 11 is 0. The summed E-state index contributed by atoms with van der Waals surface area (Å²) in [6.07, 6.45) is 2.53. The summed E-state index contributed by atoms with van der Waals surface area (Å²) in [5.74, 6) is 1.58. The number of benzene rings is 1. The van der Waals surface area contributed by atoms with Gasteiger partial charge in [0.1, 0.15) is 18.1 Å². The van der Waals surface area contributed by atoms with E-state index < -0.39 is 0 Å². The topological polar surface area (TPSA) is 57.4 Å². The monoisotopic (exact) mass is 258 g/mol. The Morgan fingerprint density at radius 2 is 2.11 bits per heavy atom.